The lowest BCUT2D eigenvalue weighted by atomic mass is 10.1. The van der Waals surface area contributed by atoms with Gasteiger partial charge in [-0.05, 0) is 42.9 Å². The number of nitro groups is 1. The van der Waals surface area contributed by atoms with E-state index < -0.39 is 43.4 Å². The van der Waals surface area contributed by atoms with Crippen LogP contribution in [0.25, 0.3) is 0 Å². The predicted molar refractivity (Wildman–Crippen MR) is 107 cm³/mol. The molecule has 154 valence electrons. The first kappa shape index (κ1) is 22.3. The molecule has 0 heterocycles. The number of nitrogens with zero attached hydrogens (tertiary/aromatic N) is 2. The molecule has 2 aromatic rings. The molecular weight excluding hydrogens is 446 g/mol. The summed E-state index contributed by atoms with van der Waals surface area (Å²) in [6.07, 6.45) is -1.51. The van der Waals surface area contributed by atoms with Gasteiger partial charge in [-0.3, -0.25) is 10.1 Å². The average molecular weight is 460 g/mol. The Morgan fingerprint density at radius 3 is 2.55 bits per heavy atom. The van der Waals surface area contributed by atoms with Crippen molar-refractivity contribution in [2.75, 3.05) is 0 Å². The van der Waals surface area contributed by atoms with Crippen LogP contribution in [0.5, 0.6) is 5.75 Å². The van der Waals surface area contributed by atoms with Crippen LogP contribution in [-0.4, -0.2) is 34.6 Å². The van der Waals surface area contributed by atoms with Crippen LogP contribution in [0.2, 0.25) is 5.02 Å². The van der Waals surface area contributed by atoms with E-state index in [1.165, 1.54) is 6.07 Å². The Labute approximate surface area is 175 Å². The second-order valence-electron chi connectivity index (χ2n) is 5.70. The van der Waals surface area contributed by atoms with E-state index in [4.69, 9.17) is 26.6 Å². The number of amides is 1. The Kier molecular flexibility index (Phi) is 6.62. The van der Waals surface area contributed by atoms with Crippen LogP contribution in [0, 0.1) is 17.0 Å². The van der Waals surface area contributed by atoms with Gasteiger partial charge in [-0.2, -0.15) is 8.42 Å². The number of rotatable bonds is 6. The number of nitro benzene ring substituents is 1. The fraction of sp³-hybridized carbons (Fsp3) is 0.125. The number of carbonyl (C=O) groups is 1. The van der Waals surface area contributed by atoms with Crippen LogP contribution in [-0.2, 0) is 16.7 Å². The molecule has 0 aliphatic rings. The van der Waals surface area contributed by atoms with Crippen molar-refractivity contribution in [3.05, 3.63) is 62.7 Å². The van der Waals surface area contributed by atoms with Gasteiger partial charge in [-0.1, -0.05) is 17.7 Å². The summed E-state index contributed by atoms with van der Waals surface area (Å²) in [5.74, 6) is -0.0326. The molecule has 2 rings (SSSR count). The Morgan fingerprint density at radius 2 is 2.00 bits per heavy atom. The van der Waals surface area contributed by atoms with Crippen LogP contribution in [0.1, 0.15) is 11.1 Å². The quantitative estimate of drug-likeness (QED) is 0.287. The van der Waals surface area contributed by atoms with Gasteiger partial charge < -0.3 is 15.0 Å². The maximum Gasteiger partial charge on any atom is 0.413 e. The van der Waals surface area contributed by atoms with Gasteiger partial charge in [-0.25, -0.2) is 9.69 Å². The summed E-state index contributed by atoms with van der Waals surface area (Å²) in [4.78, 5) is 21.7. The number of halogens is 1. The molecule has 0 unspecified atom stereocenters. The third-order valence-electron chi connectivity index (χ3n) is 3.72. The highest BCUT2D eigenvalue weighted by molar-refractivity contribution is 7.87. The molecule has 0 saturated carbocycles. The van der Waals surface area contributed by atoms with Crippen LogP contribution in [0.3, 0.4) is 0 Å². The predicted octanol–water partition coefficient (Wildman–Crippen LogP) is 3.05. The zero-order valence-electron chi connectivity index (χ0n) is 14.7. The van der Waals surface area contributed by atoms with E-state index in [1.807, 2.05) is 0 Å². The first-order valence-corrected chi connectivity index (χ1v) is 9.89. The molecule has 1 amide bonds. The van der Waals surface area contributed by atoms with Crippen molar-refractivity contribution < 1.29 is 27.4 Å². The van der Waals surface area contributed by atoms with Gasteiger partial charge >= 0.3 is 16.2 Å². The van der Waals surface area contributed by atoms with Gasteiger partial charge in [0, 0.05) is 22.7 Å². The lowest BCUT2D eigenvalue weighted by Gasteiger charge is -2.17. The molecule has 3 N–H and O–H groups in total. The molecule has 0 fully saturated rings. The molecule has 29 heavy (non-hydrogen) atoms. The van der Waals surface area contributed by atoms with Gasteiger partial charge in [0.15, 0.2) is 5.11 Å². The molecule has 0 saturated heterocycles. The van der Waals surface area contributed by atoms with Crippen molar-refractivity contribution in [3.63, 3.8) is 0 Å². The largest absolute Gasteiger partial charge is 0.465 e. The molecule has 10 nitrogen and oxygen atoms in total. The third kappa shape index (κ3) is 5.31. The number of thiocarbonyl (C=S) groups is 1. The van der Waals surface area contributed by atoms with Crippen LogP contribution < -0.4 is 9.92 Å². The van der Waals surface area contributed by atoms with Gasteiger partial charge in [0.25, 0.3) is 5.69 Å². The van der Waals surface area contributed by atoms with Crippen molar-refractivity contribution in [1.82, 2.24) is 4.90 Å². The Balaban J connectivity index is 2.45. The minimum absolute atomic E-state index is 0.0326. The summed E-state index contributed by atoms with van der Waals surface area (Å²) in [5.41, 5.74) is 5.04. The van der Waals surface area contributed by atoms with E-state index in [0.717, 1.165) is 18.2 Å². The molecule has 0 radical (unpaired) electrons. The van der Waals surface area contributed by atoms with Crippen LogP contribution in [0.15, 0.2) is 41.3 Å². The number of hydrogen-bond donors (Lipinski definition) is 2. The second kappa shape index (κ2) is 8.59. The highest BCUT2D eigenvalue weighted by Crippen LogP contribution is 2.29. The summed E-state index contributed by atoms with van der Waals surface area (Å²) in [6.45, 7) is 1.07. The van der Waals surface area contributed by atoms with E-state index in [-0.39, 0.29) is 16.3 Å². The number of benzene rings is 2. The summed E-state index contributed by atoms with van der Waals surface area (Å²) >= 11 is 10.4. The molecule has 0 spiro atoms. The van der Waals surface area contributed by atoms with Gasteiger partial charge in [0.1, 0.15) is 10.6 Å². The second-order valence-corrected chi connectivity index (χ2v) is 8.10. The number of aryl methyl sites for hydroxylation is 1. The van der Waals surface area contributed by atoms with Crippen LogP contribution >= 0.6 is 23.8 Å². The molecular formula is C16H14ClN3O7S2. The SMILES string of the molecule is Cc1ccc(Cl)cc1OS(=O)(=O)c1ccc(CN(C(=O)O)C(N)=S)c([N+](=O)[O-])c1. The lowest BCUT2D eigenvalue weighted by Crippen LogP contribution is -2.39. The van der Waals surface area contributed by atoms with E-state index in [9.17, 15) is 23.3 Å². The summed E-state index contributed by atoms with van der Waals surface area (Å²) in [5, 5.41) is 20.2. The smallest absolute Gasteiger partial charge is 0.413 e. The zero-order valence-corrected chi connectivity index (χ0v) is 17.1. The first-order valence-electron chi connectivity index (χ1n) is 7.70. The minimum atomic E-state index is -4.43. The molecule has 2 aromatic carbocycles. The fourth-order valence-corrected chi connectivity index (χ4v) is 3.55. The van der Waals surface area contributed by atoms with Gasteiger partial charge in [-0.15, -0.1) is 0 Å². The number of carboxylic acid groups (broad SMARTS) is 1. The number of nitrogens with two attached hydrogens (primary N) is 1. The number of hydrogen-bond acceptors (Lipinski definition) is 7. The van der Waals surface area contributed by atoms with E-state index in [1.54, 1.807) is 19.1 Å². The fourth-order valence-electron chi connectivity index (χ4n) is 2.24. The lowest BCUT2D eigenvalue weighted by molar-refractivity contribution is -0.385. The Bertz CT molecular complexity index is 1090. The molecule has 0 aromatic heterocycles. The van der Waals surface area contributed by atoms with Crippen LogP contribution in [0.4, 0.5) is 10.5 Å². The topological polar surface area (TPSA) is 153 Å². The van der Waals surface area contributed by atoms with Crippen molar-refractivity contribution >= 4 is 50.8 Å². The summed E-state index contributed by atoms with van der Waals surface area (Å²) in [7, 11) is -4.43. The maximum absolute atomic E-state index is 12.6. The minimum Gasteiger partial charge on any atom is -0.465 e. The van der Waals surface area contributed by atoms with Gasteiger partial charge in [0.2, 0.25) is 0 Å². The van der Waals surface area contributed by atoms with Crippen molar-refractivity contribution in [2.45, 2.75) is 18.4 Å². The Morgan fingerprint density at radius 1 is 1.34 bits per heavy atom. The normalized spacial score (nSPS) is 11.0. The average Bonchev–Trinajstić information content (AvgIpc) is 2.61. The third-order valence-corrected chi connectivity index (χ3v) is 5.40. The maximum atomic E-state index is 12.6. The van der Waals surface area contributed by atoms with Crippen molar-refractivity contribution in [1.29, 1.82) is 0 Å². The van der Waals surface area contributed by atoms with Gasteiger partial charge in [0.05, 0.1) is 11.5 Å². The molecule has 0 bridgehead atoms. The summed E-state index contributed by atoms with van der Waals surface area (Å²) in [6, 6.07) is 7.31. The zero-order chi connectivity index (χ0) is 21.9. The first-order chi connectivity index (χ1) is 13.4. The standard InChI is InChI=1S/C16H14ClN3O7S2/c1-9-2-4-11(17)6-14(9)27-29(25,26)12-5-3-10(13(7-12)20(23)24)8-19(15(18)28)16(21)22/h2-7H,8H2,1H3,(H2,18,28)(H,21,22). The monoisotopic (exact) mass is 459 g/mol. The highest BCUT2D eigenvalue weighted by atomic mass is 35.5. The summed E-state index contributed by atoms with van der Waals surface area (Å²) < 4.78 is 30.2. The van der Waals surface area contributed by atoms with E-state index in [2.05, 4.69) is 12.2 Å². The molecule has 0 aliphatic heterocycles. The Hall–Kier alpha value is -2.96. The molecule has 0 aliphatic carbocycles. The van der Waals surface area contributed by atoms with Crippen molar-refractivity contribution in [2.24, 2.45) is 5.73 Å². The van der Waals surface area contributed by atoms with E-state index >= 15 is 0 Å². The van der Waals surface area contributed by atoms with E-state index in [0.29, 0.717) is 10.5 Å². The molecule has 13 heteroatoms. The van der Waals surface area contributed by atoms with Crippen molar-refractivity contribution in [3.8, 4) is 5.75 Å². The highest BCUT2D eigenvalue weighted by Gasteiger charge is 2.26. The molecule has 0 atom stereocenters.